The number of rotatable bonds is 10. The number of unbranched alkanes of at least 4 members (excludes halogenated alkanes) is 4. The van der Waals surface area contributed by atoms with Gasteiger partial charge in [0.05, 0.1) is 5.92 Å². The molecule has 1 atom stereocenters. The molecule has 0 fully saturated rings. The minimum atomic E-state index is -0.633. The lowest BCUT2D eigenvalue weighted by atomic mass is 9.95. The van der Waals surface area contributed by atoms with Crippen molar-refractivity contribution in [3.8, 4) is 11.1 Å². The fourth-order valence-electron chi connectivity index (χ4n) is 3.97. The Morgan fingerprint density at radius 2 is 1.54 bits per heavy atom. The Hall–Kier alpha value is -2.88. The zero-order valence-corrected chi connectivity index (χ0v) is 16.2. The van der Waals surface area contributed by atoms with Crippen molar-refractivity contribution >= 4 is 11.8 Å². The molecule has 0 saturated carbocycles. The molecular formula is C24H28N2O2. The number of allylic oxidation sites excluding steroid dienone is 1. The third-order valence-electron chi connectivity index (χ3n) is 5.41. The first kappa shape index (κ1) is 19.9. The van der Waals surface area contributed by atoms with Gasteiger partial charge in [0.2, 0.25) is 11.8 Å². The largest absolute Gasteiger partial charge is 0.368 e. The second kappa shape index (κ2) is 9.36. The number of hydrogen-bond donors (Lipinski definition) is 2. The number of carbonyl (C=O) groups excluding carboxylic acids is 2. The lowest BCUT2D eigenvalue weighted by molar-refractivity contribution is -0.127. The topological polar surface area (TPSA) is 72.2 Å². The molecule has 2 aromatic carbocycles. The Balaban J connectivity index is 1.69. The maximum Gasteiger partial charge on any atom is 0.240 e. The van der Waals surface area contributed by atoms with E-state index in [0.717, 1.165) is 54.4 Å². The number of nitrogens with one attached hydrogen (secondary N) is 1. The van der Waals surface area contributed by atoms with Crippen LogP contribution in [0.1, 0.15) is 55.6 Å². The molecule has 3 rings (SSSR count). The first-order chi connectivity index (χ1) is 13.6. The van der Waals surface area contributed by atoms with Crippen LogP contribution in [0.15, 0.2) is 61.2 Å². The van der Waals surface area contributed by atoms with Gasteiger partial charge in [-0.2, -0.15) is 0 Å². The van der Waals surface area contributed by atoms with E-state index in [4.69, 9.17) is 5.73 Å². The Labute approximate surface area is 166 Å². The second-order valence-corrected chi connectivity index (χ2v) is 7.35. The van der Waals surface area contributed by atoms with E-state index in [1.54, 1.807) is 0 Å². The van der Waals surface area contributed by atoms with Crippen LogP contribution in [-0.2, 0) is 9.59 Å². The van der Waals surface area contributed by atoms with E-state index in [1.165, 1.54) is 0 Å². The van der Waals surface area contributed by atoms with Crippen LogP contribution >= 0.6 is 0 Å². The van der Waals surface area contributed by atoms with Crippen LogP contribution in [0.3, 0.4) is 0 Å². The summed E-state index contributed by atoms with van der Waals surface area (Å²) in [5.41, 5.74) is 9.69. The molecule has 28 heavy (non-hydrogen) atoms. The van der Waals surface area contributed by atoms with Crippen molar-refractivity contribution in [2.45, 2.75) is 50.5 Å². The van der Waals surface area contributed by atoms with E-state index in [9.17, 15) is 9.59 Å². The maximum atomic E-state index is 13.1. The van der Waals surface area contributed by atoms with E-state index in [-0.39, 0.29) is 5.91 Å². The normalized spacial score (nSPS) is 13.4. The Morgan fingerprint density at radius 1 is 0.964 bits per heavy atom. The molecule has 4 heteroatoms. The van der Waals surface area contributed by atoms with Crippen molar-refractivity contribution in [3.63, 3.8) is 0 Å². The van der Waals surface area contributed by atoms with Crippen LogP contribution in [0.25, 0.3) is 11.1 Å². The summed E-state index contributed by atoms with van der Waals surface area (Å²) < 4.78 is 0. The van der Waals surface area contributed by atoms with E-state index in [1.807, 2.05) is 54.6 Å². The molecular weight excluding hydrogens is 348 g/mol. The van der Waals surface area contributed by atoms with Gasteiger partial charge in [-0.15, -0.1) is 6.58 Å². The number of fused-ring (bicyclic) bond motifs is 3. The summed E-state index contributed by atoms with van der Waals surface area (Å²) in [6.07, 6.45) is 7.58. The average Bonchev–Trinajstić information content (AvgIpc) is 3.04. The van der Waals surface area contributed by atoms with Gasteiger partial charge in [-0.25, -0.2) is 0 Å². The fraction of sp³-hybridized carbons (Fsp3) is 0.333. The summed E-state index contributed by atoms with van der Waals surface area (Å²) in [5.74, 6) is -1.03. The summed E-state index contributed by atoms with van der Waals surface area (Å²) in [7, 11) is 0. The number of amides is 2. The predicted octanol–water partition coefficient (Wildman–Crippen LogP) is 4.30. The molecule has 3 N–H and O–H groups in total. The highest BCUT2D eigenvalue weighted by Gasteiger charge is 2.34. The molecule has 0 bridgehead atoms. The van der Waals surface area contributed by atoms with Crippen molar-refractivity contribution in [2.24, 2.45) is 5.73 Å². The van der Waals surface area contributed by atoms with Crippen LogP contribution in [0.2, 0.25) is 0 Å². The molecule has 1 aliphatic carbocycles. The lowest BCUT2D eigenvalue weighted by Crippen LogP contribution is -2.46. The lowest BCUT2D eigenvalue weighted by Gasteiger charge is -2.19. The number of carbonyl (C=O) groups is 2. The number of primary amides is 1. The predicted molar refractivity (Wildman–Crippen MR) is 113 cm³/mol. The van der Waals surface area contributed by atoms with Gasteiger partial charge >= 0.3 is 0 Å². The highest BCUT2D eigenvalue weighted by atomic mass is 16.2. The zero-order valence-electron chi connectivity index (χ0n) is 16.2. The molecule has 1 aliphatic rings. The molecule has 2 amide bonds. The third-order valence-corrected chi connectivity index (χ3v) is 5.41. The minimum absolute atomic E-state index is 0.159. The van der Waals surface area contributed by atoms with Gasteiger partial charge in [-0.05, 0) is 41.5 Å². The molecule has 0 aliphatic heterocycles. The van der Waals surface area contributed by atoms with Gasteiger partial charge in [0.25, 0.3) is 0 Å². The van der Waals surface area contributed by atoms with Gasteiger partial charge in [-0.1, -0.05) is 73.9 Å². The summed E-state index contributed by atoms with van der Waals surface area (Å²) in [5, 5.41) is 2.91. The van der Waals surface area contributed by atoms with Crippen LogP contribution in [-0.4, -0.2) is 17.9 Å². The highest BCUT2D eigenvalue weighted by molar-refractivity contribution is 5.98. The quantitative estimate of drug-likeness (QED) is 0.479. The zero-order chi connectivity index (χ0) is 19.9. The minimum Gasteiger partial charge on any atom is -0.368 e. The molecule has 0 heterocycles. The second-order valence-electron chi connectivity index (χ2n) is 7.35. The van der Waals surface area contributed by atoms with E-state index >= 15 is 0 Å². The molecule has 146 valence electrons. The molecule has 4 nitrogen and oxygen atoms in total. The summed E-state index contributed by atoms with van der Waals surface area (Å²) in [6, 6.07) is 15.3. The first-order valence-corrected chi connectivity index (χ1v) is 10.0. The van der Waals surface area contributed by atoms with Crippen molar-refractivity contribution in [3.05, 3.63) is 72.3 Å². The summed E-state index contributed by atoms with van der Waals surface area (Å²) in [4.78, 5) is 25.0. The number of nitrogens with two attached hydrogens (primary N) is 1. The SMILES string of the molecule is C=CCCCCCC[C@@H](NC(=O)C1c2ccccc2-c2ccccc21)C(N)=O. The third kappa shape index (κ3) is 4.33. The van der Waals surface area contributed by atoms with Gasteiger partial charge in [0, 0.05) is 0 Å². The van der Waals surface area contributed by atoms with E-state index < -0.39 is 17.9 Å². The van der Waals surface area contributed by atoms with Crippen molar-refractivity contribution in [1.82, 2.24) is 5.32 Å². The van der Waals surface area contributed by atoms with Gasteiger partial charge < -0.3 is 11.1 Å². The maximum absolute atomic E-state index is 13.1. The monoisotopic (exact) mass is 376 g/mol. The number of hydrogen-bond acceptors (Lipinski definition) is 2. The Bertz CT molecular complexity index is 814. The molecule has 0 unspecified atom stereocenters. The van der Waals surface area contributed by atoms with Crippen LogP contribution in [0.4, 0.5) is 0 Å². The Kier molecular flexibility index (Phi) is 6.64. The first-order valence-electron chi connectivity index (χ1n) is 10.0. The summed E-state index contributed by atoms with van der Waals surface area (Å²) >= 11 is 0. The molecule has 0 saturated heterocycles. The van der Waals surface area contributed by atoms with E-state index in [0.29, 0.717) is 6.42 Å². The average molecular weight is 377 g/mol. The smallest absolute Gasteiger partial charge is 0.240 e. The van der Waals surface area contributed by atoms with Crippen LogP contribution in [0, 0.1) is 0 Å². The molecule has 2 aromatic rings. The highest BCUT2D eigenvalue weighted by Crippen LogP contribution is 2.44. The van der Waals surface area contributed by atoms with Crippen molar-refractivity contribution in [1.29, 1.82) is 0 Å². The van der Waals surface area contributed by atoms with Crippen molar-refractivity contribution in [2.75, 3.05) is 0 Å². The molecule has 0 spiro atoms. The van der Waals surface area contributed by atoms with Crippen LogP contribution < -0.4 is 11.1 Å². The summed E-state index contributed by atoms with van der Waals surface area (Å²) in [6.45, 7) is 3.72. The van der Waals surface area contributed by atoms with E-state index in [2.05, 4.69) is 11.9 Å². The van der Waals surface area contributed by atoms with Gasteiger partial charge in [0.15, 0.2) is 0 Å². The fourth-order valence-corrected chi connectivity index (χ4v) is 3.97. The molecule has 0 aromatic heterocycles. The van der Waals surface area contributed by atoms with Gasteiger partial charge in [-0.3, -0.25) is 9.59 Å². The van der Waals surface area contributed by atoms with Crippen LogP contribution in [0.5, 0.6) is 0 Å². The van der Waals surface area contributed by atoms with Crippen molar-refractivity contribution < 1.29 is 9.59 Å². The Morgan fingerprint density at radius 3 is 2.11 bits per heavy atom. The molecule has 0 radical (unpaired) electrons. The standard InChI is InChI=1S/C24H28N2O2/c1-2-3-4-5-6-7-16-21(23(25)27)26-24(28)22-19-14-10-8-12-17(19)18-13-9-11-15-20(18)22/h2,8-15,21-22H,1,3-7,16H2,(H2,25,27)(H,26,28)/t21-/m1/s1. The van der Waals surface area contributed by atoms with Gasteiger partial charge in [0.1, 0.15) is 6.04 Å². The number of benzene rings is 2.